The van der Waals surface area contributed by atoms with E-state index < -0.39 is 29.7 Å². The molecule has 2 atom stereocenters. The Bertz CT molecular complexity index is 533. The first-order valence-electron chi connectivity index (χ1n) is 7.61. The molecule has 124 valence electrons. The summed E-state index contributed by atoms with van der Waals surface area (Å²) in [5, 5.41) is 5.31. The van der Waals surface area contributed by atoms with E-state index in [-0.39, 0.29) is 5.41 Å². The van der Waals surface area contributed by atoms with Gasteiger partial charge in [0, 0.05) is 5.41 Å². The van der Waals surface area contributed by atoms with E-state index in [0.717, 1.165) is 32.0 Å². The van der Waals surface area contributed by atoms with E-state index in [1.54, 1.807) is 13.8 Å². The monoisotopic (exact) mass is 317 g/mol. The maximum atomic E-state index is 12.6. The van der Waals surface area contributed by atoms with Crippen LogP contribution in [0, 0.1) is 10.8 Å². The topological polar surface area (TPSA) is 53.5 Å². The van der Waals surface area contributed by atoms with E-state index in [2.05, 4.69) is 17.2 Å². The minimum atomic E-state index is -4.44. The third kappa shape index (κ3) is 2.20. The highest BCUT2D eigenvalue weighted by Crippen LogP contribution is 2.73. The highest BCUT2D eigenvalue weighted by Gasteiger charge is 2.69. The minimum absolute atomic E-state index is 0.0384. The molecule has 1 unspecified atom stereocenters. The van der Waals surface area contributed by atoms with Crippen molar-refractivity contribution in [2.75, 3.05) is 0 Å². The lowest BCUT2D eigenvalue weighted by atomic mass is 9.35. The van der Waals surface area contributed by atoms with E-state index in [0.29, 0.717) is 5.41 Å². The van der Waals surface area contributed by atoms with Gasteiger partial charge in [0.2, 0.25) is 5.91 Å². The SMILES string of the molecule is CC(NC(=O)[C@@H]1N=C(C23CC(C)(C2)C3)NC1(C)C)C(F)(F)F. The Morgan fingerprint density at radius 1 is 1.32 bits per heavy atom. The summed E-state index contributed by atoms with van der Waals surface area (Å²) in [6.07, 6.45) is -1.29. The number of rotatable bonds is 3. The molecule has 2 bridgehead atoms. The summed E-state index contributed by atoms with van der Waals surface area (Å²) in [5.74, 6) is 0.135. The normalized spacial score (nSPS) is 40.0. The standard InChI is InChI=1S/C15H22F3N3O/c1-8(15(16,17)18)19-10(22)9-12(2,3)21-11(20-9)14-5-13(4,6-14)7-14/h8-9H,5-7H2,1-4H3,(H,19,22)(H,20,21)/t8?,9-,13?,14?/m0/s1. The molecule has 3 aliphatic carbocycles. The molecule has 0 aromatic heterocycles. The maximum absolute atomic E-state index is 12.6. The van der Waals surface area contributed by atoms with Gasteiger partial charge in [0.05, 0.1) is 5.54 Å². The molecule has 22 heavy (non-hydrogen) atoms. The van der Waals surface area contributed by atoms with Crippen molar-refractivity contribution < 1.29 is 18.0 Å². The lowest BCUT2D eigenvalue weighted by molar-refractivity contribution is -0.158. The van der Waals surface area contributed by atoms with Crippen LogP contribution in [0.4, 0.5) is 13.2 Å². The van der Waals surface area contributed by atoms with Crippen LogP contribution in [0.25, 0.3) is 0 Å². The van der Waals surface area contributed by atoms with Crippen LogP contribution in [0.1, 0.15) is 47.0 Å². The number of hydrogen-bond donors (Lipinski definition) is 2. The van der Waals surface area contributed by atoms with Crippen LogP contribution in [-0.2, 0) is 4.79 Å². The van der Waals surface area contributed by atoms with Gasteiger partial charge in [0.1, 0.15) is 11.9 Å². The summed E-state index contributed by atoms with van der Waals surface area (Å²) in [7, 11) is 0. The van der Waals surface area contributed by atoms with Gasteiger partial charge in [0.25, 0.3) is 0 Å². The van der Waals surface area contributed by atoms with E-state index >= 15 is 0 Å². The van der Waals surface area contributed by atoms with Crippen molar-refractivity contribution in [2.45, 2.75) is 70.8 Å². The average molecular weight is 317 g/mol. The Balaban J connectivity index is 1.72. The summed E-state index contributed by atoms with van der Waals surface area (Å²) in [6.45, 7) is 6.78. The van der Waals surface area contributed by atoms with Crippen LogP contribution < -0.4 is 10.6 Å². The number of carbonyl (C=O) groups excluding carboxylic acids is 1. The van der Waals surface area contributed by atoms with Gasteiger partial charge < -0.3 is 10.6 Å². The zero-order valence-corrected chi connectivity index (χ0v) is 13.3. The Labute approximate surface area is 127 Å². The third-order valence-corrected chi connectivity index (χ3v) is 5.28. The van der Waals surface area contributed by atoms with Crippen molar-refractivity contribution in [3.05, 3.63) is 0 Å². The summed E-state index contributed by atoms with van der Waals surface area (Å²) in [5.41, 5.74) is -0.225. The summed E-state index contributed by atoms with van der Waals surface area (Å²) in [4.78, 5) is 16.7. The smallest absolute Gasteiger partial charge is 0.366 e. The fraction of sp³-hybridized carbons (Fsp3) is 0.867. The predicted molar refractivity (Wildman–Crippen MR) is 76.5 cm³/mol. The number of nitrogens with one attached hydrogen (secondary N) is 2. The molecule has 0 radical (unpaired) electrons. The molecule has 1 heterocycles. The summed E-state index contributed by atoms with van der Waals surface area (Å²) in [6, 6.07) is -2.70. The molecule has 4 nitrogen and oxygen atoms in total. The highest BCUT2D eigenvalue weighted by molar-refractivity contribution is 5.98. The molecule has 2 N–H and O–H groups in total. The fourth-order valence-corrected chi connectivity index (χ4v) is 4.27. The number of amidine groups is 1. The van der Waals surface area contributed by atoms with Crippen LogP contribution in [0.3, 0.4) is 0 Å². The van der Waals surface area contributed by atoms with Crippen LogP contribution in [0.15, 0.2) is 4.99 Å². The van der Waals surface area contributed by atoms with E-state index in [9.17, 15) is 18.0 Å². The maximum Gasteiger partial charge on any atom is 0.408 e. The molecule has 0 saturated heterocycles. The van der Waals surface area contributed by atoms with Gasteiger partial charge in [-0.2, -0.15) is 13.2 Å². The first kappa shape index (κ1) is 15.6. The molecule has 1 aliphatic heterocycles. The minimum Gasteiger partial charge on any atom is -0.366 e. The van der Waals surface area contributed by atoms with E-state index in [1.165, 1.54) is 0 Å². The number of hydrogen-bond acceptors (Lipinski definition) is 3. The molecular weight excluding hydrogens is 295 g/mol. The van der Waals surface area contributed by atoms with Gasteiger partial charge >= 0.3 is 6.18 Å². The lowest BCUT2D eigenvalue weighted by Crippen LogP contribution is -2.67. The van der Waals surface area contributed by atoms with E-state index in [1.807, 2.05) is 5.32 Å². The molecule has 0 aromatic rings. The Morgan fingerprint density at radius 2 is 1.86 bits per heavy atom. The van der Waals surface area contributed by atoms with Gasteiger partial charge in [-0.25, -0.2) is 0 Å². The van der Waals surface area contributed by atoms with Crippen LogP contribution in [0.5, 0.6) is 0 Å². The van der Waals surface area contributed by atoms with Crippen molar-refractivity contribution in [1.82, 2.24) is 10.6 Å². The second-order valence-electron chi connectivity index (χ2n) is 8.12. The molecule has 7 heteroatoms. The Hall–Kier alpha value is -1.27. The van der Waals surface area contributed by atoms with Crippen LogP contribution >= 0.6 is 0 Å². The Kier molecular flexibility index (Phi) is 2.96. The zero-order chi connectivity index (χ0) is 16.6. The first-order chi connectivity index (χ1) is 9.87. The highest BCUT2D eigenvalue weighted by atomic mass is 19.4. The van der Waals surface area contributed by atoms with Crippen molar-refractivity contribution in [3.63, 3.8) is 0 Å². The molecule has 0 aromatic carbocycles. The predicted octanol–water partition coefficient (Wildman–Crippen LogP) is 2.39. The van der Waals surface area contributed by atoms with Gasteiger partial charge in [0.15, 0.2) is 6.04 Å². The second-order valence-corrected chi connectivity index (χ2v) is 8.12. The van der Waals surface area contributed by atoms with Crippen LogP contribution in [-0.4, -0.2) is 35.5 Å². The third-order valence-electron chi connectivity index (χ3n) is 5.28. The Morgan fingerprint density at radius 3 is 2.32 bits per heavy atom. The largest absolute Gasteiger partial charge is 0.408 e. The first-order valence-corrected chi connectivity index (χ1v) is 7.61. The number of amides is 1. The van der Waals surface area contributed by atoms with Gasteiger partial charge in [-0.15, -0.1) is 0 Å². The molecule has 3 saturated carbocycles. The molecule has 4 aliphatic rings. The molecule has 4 rings (SSSR count). The number of nitrogens with zero attached hydrogens (tertiary/aromatic N) is 1. The average Bonchev–Trinajstić information content (AvgIpc) is 2.58. The number of alkyl halides is 3. The van der Waals surface area contributed by atoms with E-state index in [4.69, 9.17) is 0 Å². The quantitative estimate of drug-likeness (QED) is 0.840. The van der Waals surface area contributed by atoms with Crippen molar-refractivity contribution in [1.29, 1.82) is 0 Å². The summed E-state index contributed by atoms with van der Waals surface area (Å²) < 4.78 is 37.8. The molecule has 3 fully saturated rings. The number of halogens is 3. The summed E-state index contributed by atoms with van der Waals surface area (Å²) >= 11 is 0. The van der Waals surface area contributed by atoms with Gasteiger partial charge in [-0.1, -0.05) is 6.92 Å². The number of carbonyl (C=O) groups is 1. The molecule has 1 amide bonds. The van der Waals surface area contributed by atoms with Gasteiger partial charge in [-0.05, 0) is 45.4 Å². The van der Waals surface area contributed by atoms with Crippen LogP contribution in [0.2, 0.25) is 0 Å². The van der Waals surface area contributed by atoms with Gasteiger partial charge in [-0.3, -0.25) is 9.79 Å². The fourth-order valence-electron chi connectivity index (χ4n) is 4.27. The molecule has 0 spiro atoms. The van der Waals surface area contributed by atoms with Crippen molar-refractivity contribution in [3.8, 4) is 0 Å². The van der Waals surface area contributed by atoms with Crippen molar-refractivity contribution >= 4 is 11.7 Å². The molecular formula is C15H22F3N3O. The van der Waals surface area contributed by atoms with Crippen molar-refractivity contribution in [2.24, 2.45) is 15.8 Å². The zero-order valence-electron chi connectivity index (χ0n) is 13.3. The lowest BCUT2D eigenvalue weighted by Gasteiger charge is -2.69. The number of aliphatic imine (C=N–C) groups is 1. The second kappa shape index (κ2) is 4.17.